The van der Waals surface area contributed by atoms with Crippen LogP contribution in [0.3, 0.4) is 0 Å². The van der Waals surface area contributed by atoms with E-state index in [2.05, 4.69) is 5.32 Å². The number of anilines is 2. The van der Waals surface area contributed by atoms with E-state index in [9.17, 15) is 18.0 Å². The summed E-state index contributed by atoms with van der Waals surface area (Å²) in [7, 11) is -0.616. The number of benzene rings is 2. The van der Waals surface area contributed by atoms with Crippen molar-refractivity contribution in [1.82, 2.24) is 0 Å². The van der Waals surface area contributed by atoms with Gasteiger partial charge in [-0.25, -0.2) is 13.2 Å². The number of nitrogens with one attached hydrogen (secondary N) is 1. The molecule has 29 heavy (non-hydrogen) atoms. The monoisotopic (exact) mass is 420 g/mol. The lowest BCUT2D eigenvalue weighted by atomic mass is 10.1. The summed E-state index contributed by atoms with van der Waals surface area (Å²) in [4.78, 5) is 24.3. The Bertz CT molecular complexity index is 1000. The maximum atomic E-state index is 12.5. The molecule has 1 atom stereocenters. The number of hydrogen-bond donors (Lipinski definition) is 1. The molecular formula is C20H24N2O6S. The molecule has 0 aliphatic rings. The summed E-state index contributed by atoms with van der Waals surface area (Å²) in [6.45, 7) is 3.30. The molecule has 1 amide bonds. The molecule has 2 rings (SSSR count). The van der Waals surface area contributed by atoms with Crippen LogP contribution in [0.15, 0.2) is 42.5 Å². The molecule has 2 aromatic rings. The molecule has 0 saturated heterocycles. The Morgan fingerprint density at radius 3 is 2.28 bits per heavy atom. The van der Waals surface area contributed by atoms with Gasteiger partial charge in [0.2, 0.25) is 10.0 Å². The van der Waals surface area contributed by atoms with Gasteiger partial charge in [0.15, 0.2) is 6.10 Å². The standard InChI is InChI=1S/C20H24N2O6S/c1-13-17(20(24)27-4)7-6-8-18(13)21-19(23)14(2)28-16-11-9-15(10-12-16)22(3)29(5,25)26/h6-12,14H,1-5H3,(H,21,23)/t14-/m0/s1. The van der Waals surface area contributed by atoms with Gasteiger partial charge in [0.1, 0.15) is 5.75 Å². The number of esters is 1. The van der Waals surface area contributed by atoms with Crippen LogP contribution in [0.25, 0.3) is 0 Å². The highest BCUT2D eigenvalue weighted by atomic mass is 32.2. The van der Waals surface area contributed by atoms with Crippen LogP contribution in [0.2, 0.25) is 0 Å². The fraction of sp³-hybridized carbons (Fsp3) is 0.300. The van der Waals surface area contributed by atoms with Gasteiger partial charge in [-0.15, -0.1) is 0 Å². The first-order valence-electron chi connectivity index (χ1n) is 8.74. The van der Waals surface area contributed by atoms with Crippen LogP contribution >= 0.6 is 0 Å². The van der Waals surface area contributed by atoms with E-state index in [0.717, 1.165) is 10.6 Å². The Hall–Kier alpha value is -3.07. The average Bonchev–Trinajstić information content (AvgIpc) is 2.68. The Morgan fingerprint density at radius 2 is 1.72 bits per heavy atom. The molecule has 0 aromatic heterocycles. The lowest BCUT2D eigenvalue weighted by Crippen LogP contribution is -2.30. The quantitative estimate of drug-likeness (QED) is 0.691. The lowest BCUT2D eigenvalue weighted by molar-refractivity contribution is -0.122. The number of sulfonamides is 1. The lowest BCUT2D eigenvalue weighted by Gasteiger charge is -2.19. The maximum Gasteiger partial charge on any atom is 0.338 e. The molecular weight excluding hydrogens is 396 g/mol. The van der Waals surface area contributed by atoms with Gasteiger partial charge in [0.05, 0.1) is 24.6 Å². The highest BCUT2D eigenvalue weighted by Gasteiger charge is 2.19. The van der Waals surface area contributed by atoms with Crippen LogP contribution in [0.5, 0.6) is 5.75 Å². The summed E-state index contributed by atoms with van der Waals surface area (Å²) in [6.07, 6.45) is 0.288. The molecule has 0 bridgehead atoms. The molecule has 8 nitrogen and oxygen atoms in total. The number of amides is 1. The molecule has 0 radical (unpaired) electrons. The van der Waals surface area contributed by atoms with Crippen LogP contribution in [0.1, 0.15) is 22.8 Å². The second kappa shape index (κ2) is 8.95. The summed E-state index contributed by atoms with van der Waals surface area (Å²) < 4.78 is 34.7. The van der Waals surface area contributed by atoms with Crippen molar-refractivity contribution in [3.63, 3.8) is 0 Å². The number of nitrogens with zero attached hydrogens (tertiary/aromatic N) is 1. The second-order valence-electron chi connectivity index (χ2n) is 6.44. The van der Waals surface area contributed by atoms with Gasteiger partial charge >= 0.3 is 5.97 Å². The predicted molar refractivity (Wildman–Crippen MR) is 111 cm³/mol. The minimum absolute atomic E-state index is 0.365. The van der Waals surface area contributed by atoms with Crippen molar-refractivity contribution in [1.29, 1.82) is 0 Å². The van der Waals surface area contributed by atoms with E-state index < -0.39 is 28.0 Å². The van der Waals surface area contributed by atoms with E-state index in [1.807, 2.05) is 0 Å². The summed E-state index contributed by atoms with van der Waals surface area (Å²) >= 11 is 0. The third kappa shape index (κ3) is 5.47. The number of methoxy groups -OCH3 is 1. The molecule has 2 aromatic carbocycles. The molecule has 0 saturated carbocycles. The summed E-state index contributed by atoms with van der Waals surface area (Å²) in [5, 5.41) is 2.74. The van der Waals surface area contributed by atoms with Crippen molar-refractivity contribution in [2.24, 2.45) is 0 Å². The highest BCUT2D eigenvalue weighted by Crippen LogP contribution is 2.22. The zero-order valence-electron chi connectivity index (χ0n) is 16.9. The first kappa shape index (κ1) is 22.2. The van der Waals surface area contributed by atoms with E-state index >= 15 is 0 Å². The minimum atomic E-state index is -3.36. The molecule has 0 heterocycles. The number of carbonyl (C=O) groups excluding carboxylic acids is 2. The minimum Gasteiger partial charge on any atom is -0.481 e. The van der Waals surface area contributed by atoms with Crippen LogP contribution < -0.4 is 14.4 Å². The Labute approximate surface area is 170 Å². The van der Waals surface area contributed by atoms with Gasteiger partial charge in [-0.1, -0.05) is 6.07 Å². The fourth-order valence-corrected chi connectivity index (χ4v) is 3.02. The summed E-state index contributed by atoms with van der Waals surface area (Å²) in [5.74, 6) is -0.465. The van der Waals surface area contributed by atoms with Gasteiger partial charge < -0.3 is 14.8 Å². The summed E-state index contributed by atoms with van der Waals surface area (Å²) in [5.41, 5.74) is 1.92. The largest absolute Gasteiger partial charge is 0.481 e. The van der Waals surface area contributed by atoms with Crippen molar-refractivity contribution >= 4 is 33.3 Å². The second-order valence-corrected chi connectivity index (χ2v) is 8.46. The van der Waals surface area contributed by atoms with Crippen molar-refractivity contribution < 1.29 is 27.5 Å². The van der Waals surface area contributed by atoms with Crippen molar-refractivity contribution in [3.05, 3.63) is 53.6 Å². The van der Waals surface area contributed by atoms with Crippen LogP contribution in [-0.2, 0) is 19.6 Å². The molecule has 0 unspecified atom stereocenters. The van der Waals surface area contributed by atoms with E-state index in [0.29, 0.717) is 28.3 Å². The SMILES string of the molecule is COC(=O)c1cccc(NC(=O)[C@H](C)Oc2ccc(N(C)S(C)(=O)=O)cc2)c1C. The highest BCUT2D eigenvalue weighted by molar-refractivity contribution is 7.92. The average molecular weight is 420 g/mol. The summed E-state index contributed by atoms with van der Waals surface area (Å²) in [6, 6.07) is 11.3. The van der Waals surface area contributed by atoms with E-state index in [1.54, 1.807) is 56.3 Å². The molecule has 1 N–H and O–H groups in total. The van der Waals surface area contributed by atoms with Crippen molar-refractivity contribution in [2.45, 2.75) is 20.0 Å². The van der Waals surface area contributed by atoms with Gasteiger partial charge in [-0.05, 0) is 55.8 Å². The third-order valence-electron chi connectivity index (χ3n) is 4.38. The van der Waals surface area contributed by atoms with Crippen LogP contribution in [0, 0.1) is 6.92 Å². The molecule has 0 spiro atoms. The van der Waals surface area contributed by atoms with Gasteiger partial charge in [0, 0.05) is 12.7 Å². The molecule has 0 aliphatic heterocycles. The maximum absolute atomic E-state index is 12.5. The molecule has 156 valence electrons. The van der Waals surface area contributed by atoms with E-state index in [-0.39, 0.29) is 0 Å². The number of rotatable bonds is 7. The Balaban J connectivity index is 2.07. The van der Waals surface area contributed by atoms with Gasteiger partial charge in [-0.2, -0.15) is 0 Å². The molecule has 9 heteroatoms. The van der Waals surface area contributed by atoms with Crippen molar-refractivity contribution in [2.75, 3.05) is 30.0 Å². The first-order chi connectivity index (χ1) is 13.5. The van der Waals surface area contributed by atoms with E-state index in [4.69, 9.17) is 9.47 Å². The van der Waals surface area contributed by atoms with Crippen LogP contribution in [-0.4, -0.2) is 46.8 Å². The van der Waals surface area contributed by atoms with Crippen molar-refractivity contribution in [3.8, 4) is 5.75 Å². The van der Waals surface area contributed by atoms with Crippen LogP contribution in [0.4, 0.5) is 11.4 Å². The van der Waals surface area contributed by atoms with Gasteiger partial charge in [0.25, 0.3) is 5.91 Å². The smallest absolute Gasteiger partial charge is 0.338 e. The number of carbonyl (C=O) groups is 2. The van der Waals surface area contributed by atoms with E-state index in [1.165, 1.54) is 14.2 Å². The molecule has 0 fully saturated rings. The zero-order chi connectivity index (χ0) is 21.8. The number of ether oxygens (including phenoxy) is 2. The number of hydrogen-bond acceptors (Lipinski definition) is 6. The first-order valence-corrected chi connectivity index (χ1v) is 10.6. The Morgan fingerprint density at radius 1 is 1.10 bits per heavy atom. The normalized spacial score (nSPS) is 12.0. The Kier molecular flexibility index (Phi) is 6.86. The topological polar surface area (TPSA) is 102 Å². The van der Waals surface area contributed by atoms with Gasteiger partial charge in [-0.3, -0.25) is 9.10 Å². The molecule has 0 aliphatic carbocycles. The predicted octanol–water partition coefficient (Wildman–Crippen LogP) is 2.58. The zero-order valence-corrected chi connectivity index (χ0v) is 17.7. The fourth-order valence-electron chi connectivity index (χ4n) is 2.52. The third-order valence-corrected chi connectivity index (χ3v) is 5.58.